The number of aliphatic hydroxyl groups excluding tert-OH is 1. The lowest BCUT2D eigenvalue weighted by atomic mass is 10.1. The molecule has 1 atom stereocenters. The van der Waals surface area contributed by atoms with Gasteiger partial charge < -0.3 is 5.11 Å². The van der Waals surface area contributed by atoms with E-state index in [4.69, 9.17) is 0 Å². The minimum absolute atomic E-state index is 0.403. The van der Waals surface area contributed by atoms with Gasteiger partial charge in [-0.3, -0.25) is 4.68 Å². The van der Waals surface area contributed by atoms with Gasteiger partial charge in [0.05, 0.1) is 17.8 Å². The minimum atomic E-state index is -0.403. The van der Waals surface area contributed by atoms with E-state index >= 15 is 0 Å². The van der Waals surface area contributed by atoms with Crippen LogP contribution in [0.1, 0.15) is 57.0 Å². The summed E-state index contributed by atoms with van der Waals surface area (Å²) in [5.74, 6) is 0.876. The number of hydrogen-bond donors (Lipinski definition) is 1. The maximum atomic E-state index is 9.50. The van der Waals surface area contributed by atoms with Gasteiger partial charge >= 0.3 is 0 Å². The smallest absolute Gasteiger partial charge is 0.0761 e. The molecule has 0 aliphatic heterocycles. The number of thioether (sulfide) groups is 1. The number of aromatic nitrogens is 2. The van der Waals surface area contributed by atoms with E-state index < -0.39 is 6.10 Å². The van der Waals surface area contributed by atoms with Gasteiger partial charge in [0, 0.05) is 16.8 Å². The molecule has 0 radical (unpaired) electrons. The molecule has 0 aliphatic carbocycles. The van der Waals surface area contributed by atoms with Crippen molar-refractivity contribution in [1.82, 2.24) is 9.78 Å². The summed E-state index contributed by atoms with van der Waals surface area (Å²) in [7, 11) is 0. The molecular weight excluding hydrogens is 280 g/mol. The number of nitrogens with zero attached hydrogens (tertiary/aromatic N) is 2. The highest BCUT2D eigenvalue weighted by molar-refractivity contribution is 7.98. The molecule has 0 spiro atoms. The lowest BCUT2D eigenvalue weighted by Crippen LogP contribution is -2.07. The molecule has 0 saturated carbocycles. The standard InChI is InChI=1S/C17H24N2OS/c1-4-16(5-2)19-11-10-15(18-19)12-21-17-8-6-14(7-9-17)13(3)20/h6-11,13,16,20H,4-5,12H2,1-3H3. The van der Waals surface area contributed by atoms with Gasteiger partial charge in [-0.25, -0.2) is 0 Å². The molecule has 0 fully saturated rings. The summed E-state index contributed by atoms with van der Waals surface area (Å²) >= 11 is 1.78. The normalized spacial score (nSPS) is 12.8. The van der Waals surface area contributed by atoms with Gasteiger partial charge in [-0.1, -0.05) is 26.0 Å². The fourth-order valence-electron chi connectivity index (χ4n) is 2.32. The van der Waals surface area contributed by atoms with Crippen LogP contribution >= 0.6 is 11.8 Å². The predicted octanol–water partition coefficient (Wildman–Crippen LogP) is 4.59. The Bertz CT molecular complexity index is 544. The van der Waals surface area contributed by atoms with Crippen LogP contribution < -0.4 is 0 Å². The molecule has 0 bridgehead atoms. The molecular formula is C17H24N2OS. The Morgan fingerprint density at radius 3 is 2.38 bits per heavy atom. The molecule has 0 aliphatic rings. The average molecular weight is 304 g/mol. The summed E-state index contributed by atoms with van der Waals surface area (Å²) in [6.45, 7) is 6.19. The molecule has 2 rings (SSSR count). The van der Waals surface area contributed by atoms with Crippen molar-refractivity contribution in [3.63, 3.8) is 0 Å². The molecule has 1 aromatic heterocycles. The number of benzene rings is 1. The summed E-state index contributed by atoms with van der Waals surface area (Å²) in [5.41, 5.74) is 2.07. The molecule has 1 aromatic carbocycles. The summed E-state index contributed by atoms with van der Waals surface area (Å²) in [6, 6.07) is 10.7. The number of aliphatic hydroxyl groups is 1. The number of rotatable bonds is 7. The van der Waals surface area contributed by atoms with E-state index in [1.54, 1.807) is 18.7 Å². The second-order valence-corrected chi connectivity index (χ2v) is 6.34. The van der Waals surface area contributed by atoms with Crippen LogP contribution in [0.15, 0.2) is 41.4 Å². The van der Waals surface area contributed by atoms with Crippen LogP contribution in [0.4, 0.5) is 0 Å². The van der Waals surface area contributed by atoms with Crippen LogP contribution in [0.5, 0.6) is 0 Å². The van der Waals surface area contributed by atoms with Gasteiger partial charge in [-0.15, -0.1) is 11.8 Å². The van der Waals surface area contributed by atoms with E-state index in [1.165, 1.54) is 4.90 Å². The number of hydrogen-bond acceptors (Lipinski definition) is 3. The zero-order chi connectivity index (χ0) is 15.2. The zero-order valence-electron chi connectivity index (χ0n) is 13.0. The third-order valence-electron chi connectivity index (χ3n) is 3.73. The van der Waals surface area contributed by atoms with Gasteiger partial charge in [-0.05, 0) is 43.5 Å². The maximum absolute atomic E-state index is 9.50. The second kappa shape index (κ2) is 7.66. The predicted molar refractivity (Wildman–Crippen MR) is 88.5 cm³/mol. The van der Waals surface area contributed by atoms with Gasteiger partial charge in [0.1, 0.15) is 0 Å². The molecule has 21 heavy (non-hydrogen) atoms. The van der Waals surface area contributed by atoms with E-state index in [0.29, 0.717) is 6.04 Å². The molecule has 2 aromatic rings. The summed E-state index contributed by atoms with van der Waals surface area (Å²) in [4.78, 5) is 1.21. The van der Waals surface area contributed by atoms with Crippen molar-refractivity contribution < 1.29 is 5.11 Å². The molecule has 1 heterocycles. The Hall–Kier alpha value is -1.26. The molecule has 1 N–H and O–H groups in total. The highest BCUT2D eigenvalue weighted by Gasteiger charge is 2.08. The maximum Gasteiger partial charge on any atom is 0.0761 e. The van der Waals surface area contributed by atoms with Crippen molar-refractivity contribution in [2.75, 3.05) is 0 Å². The van der Waals surface area contributed by atoms with Crippen molar-refractivity contribution >= 4 is 11.8 Å². The Labute approximate surface area is 131 Å². The Kier molecular flexibility index (Phi) is 5.88. The zero-order valence-corrected chi connectivity index (χ0v) is 13.8. The third-order valence-corrected chi connectivity index (χ3v) is 4.78. The van der Waals surface area contributed by atoms with Crippen molar-refractivity contribution in [1.29, 1.82) is 0 Å². The Morgan fingerprint density at radius 2 is 1.81 bits per heavy atom. The van der Waals surface area contributed by atoms with Gasteiger partial charge in [-0.2, -0.15) is 5.10 Å². The first-order chi connectivity index (χ1) is 10.1. The summed E-state index contributed by atoms with van der Waals surface area (Å²) < 4.78 is 2.09. The quantitative estimate of drug-likeness (QED) is 0.760. The van der Waals surface area contributed by atoms with Crippen LogP contribution in [0.3, 0.4) is 0 Å². The Balaban J connectivity index is 1.93. The summed E-state index contributed by atoms with van der Waals surface area (Å²) in [5, 5.41) is 14.2. The highest BCUT2D eigenvalue weighted by Crippen LogP contribution is 2.24. The first kappa shape index (κ1) is 16.1. The fourth-order valence-corrected chi connectivity index (χ4v) is 3.12. The largest absolute Gasteiger partial charge is 0.389 e. The van der Waals surface area contributed by atoms with Crippen LogP contribution in [0.2, 0.25) is 0 Å². The highest BCUT2D eigenvalue weighted by atomic mass is 32.2. The van der Waals surface area contributed by atoms with Crippen molar-refractivity contribution in [2.45, 2.75) is 56.4 Å². The topological polar surface area (TPSA) is 38.0 Å². The van der Waals surface area contributed by atoms with Gasteiger partial charge in [0.15, 0.2) is 0 Å². The van der Waals surface area contributed by atoms with E-state index in [2.05, 4.69) is 48.0 Å². The van der Waals surface area contributed by atoms with Crippen molar-refractivity contribution in [2.24, 2.45) is 0 Å². The molecule has 1 unspecified atom stereocenters. The summed E-state index contributed by atoms with van der Waals surface area (Å²) in [6.07, 6.45) is 3.92. The SMILES string of the molecule is CCC(CC)n1ccc(CSc2ccc(C(C)O)cc2)n1. The molecule has 0 saturated heterocycles. The van der Waals surface area contributed by atoms with Crippen LogP contribution in [0.25, 0.3) is 0 Å². The first-order valence-corrected chi connectivity index (χ1v) is 8.57. The van der Waals surface area contributed by atoms with Crippen LogP contribution in [-0.4, -0.2) is 14.9 Å². The molecule has 114 valence electrons. The molecule has 0 amide bonds. The minimum Gasteiger partial charge on any atom is -0.389 e. The second-order valence-electron chi connectivity index (χ2n) is 5.29. The van der Waals surface area contributed by atoms with E-state index in [0.717, 1.165) is 29.9 Å². The van der Waals surface area contributed by atoms with E-state index in [-0.39, 0.29) is 0 Å². The monoisotopic (exact) mass is 304 g/mol. The van der Waals surface area contributed by atoms with Crippen molar-refractivity contribution in [3.05, 3.63) is 47.8 Å². The Morgan fingerprint density at radius 1 is 1.14 bits per heavy atom. The van der Waals surface area contributed by atoms with Gasteiger partial charge in [0.25, 0.3) is 0 Å². The van der Waals surface area contributed by atoms with Gasteiger partial charge in [0.2, 0.25) is 0 Å². The fraction of sp³-hybridized carbons (Fsp3) is 0.471. The molecule has 4 heteroatoms. The van der Waals surface area contributed by atoms with Crippen LogP contribution in [0, 0.1) is 0 Å². The first-order valence-electron chi connectivity index (χ1n) is 7.58. The third kappa shape index (κ3) is 4.35. The van der Waals surface area contributed by atoms with Crippen molar-refractivity contribution in [3.8, 4) is 0 Å². The lowest BCUT2D eigenvalue weighted by Gasteiger charge is -2.12. The molecule has 3 nitrogen and oxygen atoms in total. The van der Waals surface area contributed by atoms with E-state index in [1.807, 2.05) is 12.1 Å². The van der Waals surface area contributed by atoms with Crippen LogP contribution in [-0.2, 0) is 5.75 Å². The lowest BCUT2D eigenvalue weighted by molar-refractivity contribution is 0.199. The van der Waals surface area contributed by atoms with E-state index in [9.17, 15) is 5.11 Å². The average Bonchev–Trinajstić information content (AvgIpc) is 2.96.